The molecule has 0 aliphatic heterocycles. The zero-order valence-corrected chi connectivity index (χ0v) is 17.9. The molecule has 28 heavy (non-hydrogen) atoms. The van der Waals surface area contributed by atoms with Crippen molar-refractivity contribution in [3.63, 3.8) is 0 Å². The van der Waals surface area contributed by atoms with E-state index >= 15 is 0 Å². The van der Waals surface area contributed by atoms with Gasteiger partial charge in [-0.2, -0.15) is 0 Å². The summed E-state index contributed by atoms with van der Waals surface area (Å²) in [7, 11) is 0. The zero-order chi connectivity index (χ0) is 20.5. The lowest BCUT2D eigenvalue weighted by Crippen LogP contribution is -2.41. The highest BCUT2D eigenvalue weighted by Gasteiger charge is 2.34. The monoisotopic (exact) mass is 407 g/mol. The predicted molar refractivity (Wildman–Crippen MR) is 107 cm³/mol. The Morgan fingerprint density at radius 3 is 2.50 bits per heavy atom. The van der Waals surface area contributed by atoms with Crippen LogP contribution in [0.25, 0.3) is 0 Å². The number of hydrogen-bond acceptors (Lipinski definition) is 6. The van der Waals surface area contributed by atoms with Gasteiger partial charge in [-0.3, -0.25) is 4.79 Å². The Kier molecular flexibility index (Phi) is 6.12. The third-order valence-corrected chi connectivity index (χ3v) is 6.19. The number of fused-ring (bicyclic) bond motifs is 1. The van der Waals surface area contributed by atoms with Gasteiger partial charge in [-0.15, -0.1) is 11.3 Å². The highest BCUT2D eigenvalue weighted by Crippen LogP contribution is 2.38. The summed E-state index contributed by atoms with van der Waals surface area (Å²) < 4.78 is 10.6. The highest BCUT2D eigenvalue weighted by atomic mass is 32.1. The van der Waals surface area contributed by atoms with E-state index in [4.69, 9.17) is 9.47 Å². The van der Waals surface area contributed by atoms with E-state index in [1.807, 2.05) is 20.8 Å². The normalized spacial score (nSPS) is 18.9. The van der Waals surface area contributed by atoms with E-state index in [2.05, 4.69) is 5.32 Å². The molecule has 0 aromatic carbocycles. The minimum Gasteiger partial charge on any atom is -0.462 e. The van der Waals surface area contributed by atoms with Gasteiger partial charge in [-0.05, 0) is 65.4 Å². The topological polar surface area (TPSA) is 81.7 Å². The lowest BCUT2D eigenvalue weighted by molar-refractivity contribution is -0.119. The van der Waals surface area contributed by atoms with Gasteiger partial charge in [0.05, 0.1) is 12.2 Å². The minimum atomic E-state index is -0.557. The molecule has 1 aromatic heterocycles. The number of carbonyl (C=O) groups excluding carboxylic acids is 3. The molecule has 154 valence electrons. The molecule has 6 nitrogen and oxygen atoms in total. The Balaban J connectivity index is 1.78. The van der Waals surface area contributed by atoms with Gasteiger partial charge in [0.2, 0.25) is 0 Å². The first-order valence-corrected chi connectivity index (χ1v) is 10.8. The number of Topliss-reactive ketones (excluding diaryl/α,β-unsaturated/α-hetero) is 1. The maximum Gasteiger partial charge on any atom is 0.407 e. The molecule has 1 fully saturated rings. The van der Waals surface area contributed by atoms with Crippen LogP contribution >= 0.6 is 11.3 Å². The van der Waals surface area contributed by atoms with Crippen LogP contribution in [-0.2, 0) is 33.5 Å². The van der Waals surface area contributed by atoms with Crippen molar-refractivity contribution in [3.8, 4) is 0 Å². The van der Waals surface area contributed by atoms with Gasteiger partial charge in [-0.1, -0.05) is 0 Å². The predicted octanol–water partition coefficient (Wildman–Crippen LogP) is 3.83. The molecular weight excluding hydrogens is 378 g/mol. The van der Waals surface area contributed by atoms with Crippen molar-refractivity contribution in [1.82, 2.24) is 5.32 Å². The molecule has 0 spiro atoms. The molecule has 0 radical (unpaired) electrons. The maximum atomic E-state index is 12.6. The quantitative estimate of drug-likeness (QED) is 0.725. The van der Waals surface area contributed by atoms with Crippen LogP contribution in [0, 0.1) is 5.92 Å². The highest BCUT2D eigenvalue weighted by molar-refractivity contribution is 7.12. The molecule has 1 atom stereocenters. The third-order valence-electron chi connectivity index (χ3n) is 4.90. The number of nitrogens with one attached hydrogen (secondary N) is 1. The van der Waals surface area contributed by atoms with E-state index < -0.39 is 11.7 Å². The van der Waals surface area contributed by atoms with Crippen molar-refractivity contribution in [1.29, 1.82) is 0 Å². The van der Waals surface area contributed by atoms with Crippen LogP contribution in [0.5, 0.6) is 0 Å². The fourth-order valence-electron chi connectivity index (χ4n) is 3.51. The van der Waals surface area contributed by atoms with E-state index in [0.29, 0.717) is 25.0 Å². The van der Waals surface area contributed by atoms with Gasteiger partial charge in [0, 0.05) is 28.1 Å². The number of amides is 1. The summed E-state index contributed by atoms with van der Waals surface area (Å²) in [5.41, 5.74) is 0.916. The van der Waals surface area contributed by atoms with Gasteiger partial charge >= 0.3 is 12.1 Å². The smallest absolute Gasteiger partial charge is 0.407 e. The standard InChI is InChI=1S/C21H29NO5S/c1-5-26-19(24)18-14-10-13(22-20(25)27-21(2,3)4)8-9-16(14)28-17(18)11-15(23)12-6-7-12/h12-13H,5-11H2,1-4H3,(H,22,25). The van der Waals surface area contributed by atoms with Gasteiger partial charge in [0.1, 0.15) is 11.4 Å². The molecule has 1 amide bonds. The maximum absolute atomic E-state index is 12.6. The summed E-state index contributed by atoms with van der Waals surface area (Å²) in [5, 5.41) is 2.92. The lowest BCUT2D eigenvalue weighted by Gasteiger charge is -2.26. The first-order valence-electron chi connectivity index (χ1n) is 10.0. The number of aryl methyl sites for hydroxylation is 1. The SMILES string of the molecule is CCOC(=O)c1c(CC(=O)C2CC2)sc2c1CC(NC(=O)OC(C)(C)C)CC2. The number of ether oxygens (including phenoxy) is 2. The second-order valence-corrected chi connectivity index (χ2v) is 9.72. The average Bonchev–Trinajstić information content (AvgIpc) is 3.35. The number of carbonyl (C=O) groups is 3. The molecule has 1 unspecified atom stereocenters. The molecule has 2 aliphatic rings. The molecule has 2 aliphatic carbocycles. The Morgan fingerprint density at radius 2 is 1.89 bits per heavy atom. The Labute approximate surface area is 170 Å². The van der Waals surface area contributed by atoms with E-state index in [1.54, 1.807) is 18.3 Å². The molecule has 0 saturated heterocycles. The van der Waals surface area contributed by atoms with Crippen molar-refractivity contribution < 1.29 is 23.9 Å². The van der Waals surface area contributed by atoms with Crippen LogP contribution in [0.4, 0.5) is 4.79 Å². The Hall–Kier alpha value is -1.89. The van der Waals surface area contributed by atoms with Crippen LogP contribution in [0.3, 0.4) is 0 Å². The van der Waals surface area contributed by atoms with Crippen LogP contribution < -0.4 is 5.32 Å². The van der Waals surface area contributed by atoms with Gasteiger partial charge in [0.25, 0.3) is 0 Å². The molecule has 1 N–H and O–H groups in total. The first-order chi connectivity index (χ1) is 13.2. The molecule has 1 saturated carbocycles. The number of esters is 1. The van der Waals surface area contributed by atoms with Crippen molar-refractivity contribution in [3.05, 3.63) is 20.9 Å². The molecule has 0 bridgehead atoms. The second-order valence-electron chi connectivity index (χ2n) is 8.53. The van der Waals surface area contributed by atoms with Gasteiger partial charge in [0.15, 0.2) is 0 Å². The molecular formula is C21H29NO5S. The van der Waals surface area contributed by atoms with Crippen LogP contribution in [0.2, 0.25) is 0 Å². The number of rotatable bonds is 6. The average molecular weight is 408 g/mol. The third kappa shape index (κ3) is 5.13. The van der Waals surface area contributed by atoms with Gasteiger partial charge < -0.3 is 14.8 Å². The van der Waals surface area contributed by atoms with E-state index in [0.717, 1.165) is 41.0 Å². The summed E-state index contributed by atoms with van der Waals surface area (Å²) in [4.78, 5) is 39.1. The lowest BCUT2D eigenvalue weighted by atomic mass is 9.90. The summed E-state index contributed by atoms with van der Waals surface area (Å²) in [5.74, 6) is 0.0137. The van der Waals surface area contributed by atoms with Crippen molar-refractivity contribution in [2.24, 2.45) is 5.92 Å². The first kappa shape index (κ1) is 20.8. The molecule has 1 heterocycles. The largest absolute Gasteiger partial charge is 0.462 e. The molecule has 1 aromatic rings. The van der Waals surface area contributed by atoms with Crippen LogP contribution in [0.1, 0.15) is 72.6 Å². The van der Waals surface area contributed by atoms with E-state index in [-0.39, 0.29) is 23.7 Å². The minimum absolute atomic E-state index is 0.0999. The Bertz CT molecular complexity index is 772. The second kappa shape index (κ2) is 8.23. The molecule has 3 rings (SSSR count). The number of ketones is 1. The fourth-order valence-corrected chi connectivity index (χ4v) is 4.86. The summed E-state index contributed by atoms with van der Waals surface area (Å²) in [6.07, 6.45) is 3.88. The van der Waals surface area contributed by atoms with Crippen LogP contribution in [-0.4, -0.2) is 36.1 Å². The number of hydrogen-bond donors (Lipinski definition) is 1. The fraction of sp³-hybridized carbons (Fsp3) is 0.667. The van der Waals surface area contributed by atoms with E-state index in [9.17, 15) is 14.4 Å². The summed E-state index contributed by atoms with van der Waals surface area (Å²) in [6.45, 7) is 7.54. The zero-order valence-electron chi connectivity index (χ0n) is 17.1. The van der Waals surface area contributed by atoms with E-state index in [1.165, 1.54) is 0 Å². The molecule has 7 heteroatoms. The van der Waals surface area contributed by atoms with Crippen molar-refractivity contribution in [2.45, 2.75) is 77.9 Å². The number of thiophene rings is 1. The summed E-state index contributed by atoms with van der Waals surface area (Å²) in [6, 6.07) is -0.0999. The summed E-state index contributed by atoms with van der Waals surface area (Å²) >= 11 is 1.55. The van der Waals surface area contributed by atoms with Crippen molar-refractivity contribution in [2.75, 3.05) is 6.61 Å². The van der Waals surface area contributed by atoms with Gasteiger partial charge in [-0.25, -0.2) is 9.59 Å². The number of alkyl carbamates (subject to hydrolysis) is 1. The van der Waals surface area contributed by atoms with Crippen molar-refractivity contribution >= 4 is 29.2 Å². The Morgan fingerprint density at radius 1 is 1.18 bits per heavy atom. The van der Waals surface area contributed by atoms with Crippen LogP contribution in [0.15, 0.2) is 0 Å².